The average molecular weight is 360 g/mol. The summed E-state index contributed by atoms with van der Waals surface area (Å²) in [5, 5.41) is 31.7. The van der Waals surface area contributed by atoms with Crippen molar-refractivity contribution in [2.75, 3.05) is 6.61 Å². The Morgan fingerprint density at radius 3 is 2.73 bits per heavy atom. The number of hydrogen-bond acceptors (Lipinski definition) is 5. The predicted molar refractivity (Wildman–Crippen MR) is 95.0 cm³/mol. The van der Waals surface area contributed by atoms with E-state index in [0.717, 1.165) is 24.8 Å². The van der Waals surface area contributed by atoms with Crippen LogP contribution >= 0.6 is 0 Å². The third-order valence-corrected chi connectivity index (χ3v) is 8.25. The van der Waals surface area contributed by atoms with Gasteiger partial charge in [-0.2, -0.15) is 0 Å². The number of fused-ring (bicyclic) bond motifs is 5. The summed E-state index contributed by atoms with van der Waals surface area (Å²) in [5.74, 6) is -0.227. The number of hydrogen-bond donors (Lipinski definition) is 3. The van der Waals surface area contributed by atoms with Gasteiger partial charge in [-0.1, -0.05) is 25.5 Å². The molecule has 4 aliphatic carbocycles. The van der Waals surface area contributed by atoms with Crippen LogP contribution in [-0.4, -0.2) is 45.2 Å². The van der Waals surface area contributed by atoms with Crippen molar-refractivity contribution in [2.45, 2.75) is 57.7 Å². The van der Waals surface area contributed by atoms with Crippen LogP contribution in [-0.2, 0) is 9.59 Å². The second kappa shape index (κ2) is 5.60. The van der Waals surface area contributed by atoms with Gasteiger partial charge in [-0.25, -0.2) is 0 Å². The zero-order valence-corrected chi connectivity index (χ0v) is 15.4. The van der Waals surface area contributed by atoms with Gasteiger partial charge in [0.25, 0.3) is 0 Å². The minimum absolute atomic E-state index is 0.00912. The fraction of sp³-hybridized carbons (Fsp3) is 0.714. The number of allylic oxidation sites excluding steroid dienone is 4. The lowest BCUT2D eigenvalue weighted by Crippen LogP contribution is -2.61. The van der Waals surface area contributed by atoms with Crippen LogP contribution in [0, 0.1) is 28.6 Å². The summed E-state index contributed by atoms with van der Waals surface area (Å²) < 4.78 is 0. The zero-order valence-electron chi connectivity index (χ0n) is 15.4. The first kappa shape index (κ1) is 18.1. The number of aliphatic hydroxyl groups excluding tert-OH is 2. The summed E-state index contributed by atoms with van der Waals surface area (Å²) in [7, 11) is 0. The molecule has 0 aliphatic heterocycles. The molecule has 0 spiro atoms. The number of carbonyl (C=O) groups excluding carboxylic acids is 2. The summed E-state index contributed by atoms with van der Waals surface area (Å²) in [5.41, 5.74) is -1.54. The van der Waals surface area contributed by atoms with Crippen LogP contribution in [0.5, 0.6) is 0 Å². The number of rotatable bonds is 2. The monoisotopic (exact) mass is 360 g/mol. The Kier molecular flexibility index (Phi) is 3.89. The highest BCUT2D eigenvalue weighted by Crippen LogP contribution is 2.67. The summed E-state index contributed by atoms with van der Waals surface area (Å²) in [6, 6.07) is 0. The first-order valence-electron chi connectivity index (χ1n) is 9.66. The van der Waals surface area contributed by atoms with E-state index in [-0.39, 0.29) is 29.0 Å². The lowest BCUT2D eigenvalue weighted by molar-refractivity contribution is -0.178. The van der Waals surface area contributed by atoms with Crippen molar-refractivity contribution in [1.82, 2.24) is 0 Å². The van der Waals surface area contributed by atoms with Gasteiger partial charge in [0, 0.05) is 16.7 Å². The molecule has 3 fully saturated rings. The van der Waals surface area contributed by atoms with Crippen LogP contribution in [0.1, 0.15) is 46.0 Å². The van der Waals surface area contributed by atoms with Crippen LogP contribution in [0.2, 0.25) is 0 Å². The van der Waals surface area contributed by atoms with Gasteiger partial charge in [-0.15, -0.1) is 0 Å². The molecule has 0 amide bonds. The van der Waals surface area contributed by atoms with Crippen molar-refractivity contribution in [3.05, 3.63) is 23.8 Å². The highest BCUT2D eigenvalue weighted by molar-refractivity contribution is 6.01. The molecule has 0 radical (unpaired) electrons. The van der Waals surface area contributed by atoms with Crippen molar-refractivity contribution in [2.24, 2.45) is 28.6 Å². The van der Waals surface area contributed by atoms with E-state index in [2.05, 4.69) is 6.92 Å². The number of carbonyl (C=O) groups is 2. The molecule has 0 bridgehead atoms. The smallest absolute Gasteiger partial charge is 0.190 e. The van der Waals surface area contributed by atoms with Gasteiger partial charge in [0.15, 0.2) is 11.6 Å². The van der Waals surface area contributed by atoms with Gasteiger partial charge in [-0.3, -0.25) is 9.59 Å². The molecular formula is C21H28O5. The normalized spacial score (nSPS) is 49.9. The summed E-state index contributed by atoms with van der Waals surface area (Å²) >= 11 is 0. The topological polar surface area (TPSA) is 94.8 Å². The van der Waals surface area contributed by atoms with E-state index >= 15 is 0 Å². The Balaban J connectivity index is 1.75. The Morgan fingerprint density at radius 1 is 1.31 bits per heavy atom. The number of ketones is 2. The molecule has 0 saturated heterocycles. The zero-order chi connectivity index (χ0) is 18.9. The molecule has 0 aromatic carbocycles. The van der Waals surface area contributed by atoms with Crippen molar-refractivity contribution < 1.29 is 24.9 Å². The summed E-state index contributed by atoms with van der Waals surface area (Å²) in [6.45, 7) is 3.34. The molecule has 4 aliphatic rings. The molecule has 5 heteroatoms. The maximum Gasteiger partial charge on any atom is 0.190 e. The fourth-order valence-electron chi connectivity index (χ4n) is 6.92. The van der Waals surface area contributed by atoms with Crippen molar-refractivity contribution in [3.8, 4) is 0 Å². The van der Waals surface area contributed by atoms with Gasteiger partial charge in [0.2, 0.25) is 0 Å². The molecule has 0 aromatic heterocycles. The van der Waals surface area contributed by atoms with Gasteiger partial charge in [-0.05, 0) is 56.1 Å². The average Bonchev–Trinajstić information content (AvgIpc) is 2.86. The van der Waals surface area contributed by atoms with Gasteiger partial charge < -0.3 is 15.3 Å². The van der Waals surface area contributed by atoms with Gasteiger partial charge in [0.1, 0.15) is 12.2 Å². The second-order valence-electron chi connectivity index (χ2n) is 9.19. The van der Waals surface area contributed by atoms with E-state index in [1.807, 2.05) is 13.0 Å². The lowest BCUT2D eigenvalue weighted by Gasteiger charge is -2.59. The number of Topliss-reactive ketones (excluding diaryl/α,β-unsaturated/α-hetero) is 1. The van der Waals surface area contributed by atoms with Crippen molar-refractivity contribution in [1.29, 1.82) is 0 Å². The Morgan fingerprint density at radius 2 is 2.04 bits per heavy atom. The molecule has 26 heavy (non-hydrogen) atoms. The van der Waals surface area contributed by atoms with E-state index in [4.69, 9.17) is 0 Å². The van der Waals surface area contributed by atoms with Crippen LogP contribution in [0.25, 0.3) is 0 Å². The Hall–Kier alpha value is -1.30. The molecule has 142 valence electrons. The molecule has 7 atom stereocenters. The van der Waals surface area contributed by atoms with E-state index in [1.165, 1.54) is 0 Å². The molecule has 0 aromatic rings. The predicted octanol–water partition coefficient (Wildman–Crippen LogP) is 1.56. The largest absolute Gasteiger partial charge is 0.393 e. The highest BCUT2D eigenvalue weighted by atomic mass is 16.3. The molecule has 0 heterocycles. The van der Waals surface area contributed by atoms with Crippen molar-refractivity contribution >= 4 is 11.6 Å². The molecule has 4 rings (SSSR count). The maximum absolute atomic E-state index is 12.4. The lowest BCUT2D eigenvalue weighted by atomic mass is 9.46. The standard InChI is InChI=1S/C21H28O5/c1-19-7-5-13(23)9-12(19)3-4-14-15-6-8-21(26,17(25)11-22)20(15,2)10-16(24)18(14)19/h5,7,9,14-16,18,22,24,26H,3-4,6,8,10-11H2,1-2H3/t14-,15-,16+,18-,19-,20-,21+/m0/s1. The summed E-state index contributed by atoms with van der Waals surface area (Å²) in [6.07, 6.45) is 7.68. The Labute approximate surface area is 153 Å². The maximum atomic E-state index is 12.4. The van der Waals surface area contributed by atoms with Crippen LogP contribution in [0.4, 0.5) is 0 Å². The van der Waals surface area contributed by atoms with E-state index < -0.39 is 29.5 Å². The van der Waals surface area contributed by atoms with E-state index in [0.29, 0.717) is 12.8 Å². The fourth-order valence-corrected chi connectivity index (χ4v) is 6.92. The highest BCUT2D eigenvalue weighted by Gasteiger charge is 2.67. The molecule has 0 unspecified atom stereocenters. The van der Waals surface area contributed by atoms with Crippen LogP contribution in [0.15, 0.2) is 23.8 Å². The molecule has 3 N–H and O–H groups in total. The Bertz CT molecular complexity index is 724. The van der Waals surface area contributed by atoms with E-state index in [9.17, 15) is 24.9 Å². The molecule has 3 saturated carbocycles. The second-order valence-corrected chi connectivity index (χ2v) is 9.19. The molecular weight excluding hydrogens is 332 g/mol. The summed E-state index contributed by atoms with van der Waals surface area (Å²) in [4.78, 5) is 24.2. The third kappa shape index (κ3) is 2.08. The van der Waals surface area contributed by atoms with Gasteiger partial charge >= 0.3 is 0 Å². The van der Waals surface area contributed by atoms with Gasteiger partial charge in [0.05, 0.1) is 6.10 Å². The quantitative estimate of drug-likeness (QED) is 0.695. The molecule has 5 nitrogen and oxygen atoms in total. The minimum Gasteiger partial charge on any atom is -0.393 e. The van der Waals surface area contributed by atoms with Crippen LogP contribution in [0.3, 0.4) is 0 Å². The van der Waals surface area contributed by atoms with Crippen molar-refractivity contribution in [3.63, 3.8) is 0 Å². The number of aliphatic hydroxyl groups is 3. The third-order valence-electron chi connectivity index (χ3n) is 8.25. The minimum atomic E-state index is -1.56. The first-order valence-corrected chi connectivity index (χ1v) is 9.66. The van der Waals surface area contributed by atoms with Crippen LogP contribution < -0.4 is 0 Å². The SMILES string of the molecule is C[C@]12C=CC(=O)C=C1CC[C@@H]1[C@H]2[C@H](O)C[C@@]2(C)[C@H]1CC[C@@]2(O)C(=O)CO. The first-order chi connectivity index (χ1) is 12.2. The van der Waals surface area contributed by atoms with E-state index in [1.54, 1.807) is 12.2 Å².